The lowest BCUT2D eigenvalue weighted by Gasteiger charge is -2.23. The van der Waals surface area contributed by atoms with E-state index in [0.717, 1.165) is 18.4 Å². The molecule has 1 amide bonds. The fraction of sp³-hybridized carbons (Fsp3) is 0.421. The Morgan fingerprint density at radius 2 is 2.20 bits per heavy atom. The first kappa shape index (κ1) is 17.4. The van der Waals surface area contributed by atoms with Crippen LogP contribution in [0.25, 0.3) is 0 Å². The Hall–Kier alpha value is -2.47. The molecule has 0 unspecified atom stereocenters. The smallest absolute Gasteiger partial charge is 0.263 e. The lowest BCUT2D eigenvalue weighted by Crippen LogP contribution is -2.38. The Labute approximate surface area is 147 Å². The first-order chi connectivity index (χ1) is 12.1. The molecule has 6 heteroatoms. The molecule has 3 rings (SSSR count). The molecule has 0 aliphatic heterocycles. The van der Waals surface area contributed by atoms with Gasteiger partial charge in [-0.3, -0.25) is 14.6 Å². The van der Waals surface area contributed by atoms with E-state index in [1.165, 1.54) is 0 Å². The second-order valence-corrected chi connectivity index (χ2v) is 6.40. The highest BCUT2D eigenvalue weighted by atomic mass is 16.5. The van der Waals surface area contributed by atoms with E-state index in [-0.39, 0.29) is 23.1 Å². The summed E-state index contributed by atoms with van der Waals surface area (Å²) in [6.07, 6.45) is 7.22. The van der Waals surface area contributed by atoms with Crippen molar-refractivity contribution in [3.05, 3.63) is 63.8 Å². The highest BCUT2D eigenvalue weighted by Gasteiger charge is 2.28. The largest absolute Gasteiger partial charge is 0.383 e. The predicted molar refractivity (Wildman–Crippen MR) is 94.6 cm³/mol. The number of methoxy groups -OCH3 is 1. The summed E-state index contributed by atoms with van der Waals surface area (Å²) in [5.74, 6) is -0.251. The van der Waals surface area contributed by atoms with Gasteiger partial charge in [-0.1, -0.05) is 6.07 Å². The van der Waals surface area contributed by atoms with Gasteiger partial charge in [-0.15, -0.1) is 0 Å². The first-order valence-electron chi connectivity index (χ1n) is 8.50. The van der Waals surface area contributed by atoms with E-state index in [4.69, 9.17) is 4.74 Å². The van der Waals surface area contributed by atoms with Crippen LogP contribution in [0.1, 0.15) is 40.4 Å². The van der Waals surface area contributed by atoms with Crippen LogP contribution in [0, 0.1) is 6.92 Å². The topological polar surface area (TPSA) is 64.4 Å². The number of hydrogen-bond acceptors (Lipinski definition) is 4. The van der Waals surface area contributed by atoms with Crippen molar-refractivity contribution in [1.82, 2.24) is 14.5 Å². The van der Waals surface area contributed by atoms with Crippen LogP contribution in [0.2, 0.25) is 0 Å². The van der Waals surface area contributed by atoms with Gasteiger partial charge in [0, 0.05) is 44.8 Å². The number of aromatic nitrogens is 2. The fourth-order valence-electron chi connectivity index (χ4n) is 2.87. The third-order valence-electron chi connectivity index (χ3n) is 4.43. The van der Waals surface area contributed by atoms with Crippen molar-refractivity contribution in [2.75, 3.05) is 20.3 Å². The molecular weight excluding hydrogens is 318 g/mol. The van der Waals surface area contributed by atoms with E-state index in [1.807, 2.05) is 25.1 Å². The van der Waals surface area contributed by atoms with Gasteiger partial charge in [-0.05, 0) is 43.0 Å². The third kappa shape index (κ3) is 3.96. The molecule has 2 heterocycles. The molecule has 2 aromatic heterocycles. The van der Waals surface area contributed by atoms with Crippen LogP contribution in [0.15, 0.2) is 41.6 Å². The minimum Gasteiger partial charge on any atom is -0.383 e. The molecule has 132 valence electrons. The van der Waals surface area contributed by atoms with Gasteiger partial charge < -0.3 is 14.2 Å². The second-order valence-electron chi connectivity index (χ2n) is 6.40. The van der Waals surface area contributed by atoms with Crippen LogP contribution in [0.3, 0.4) is 0 Å². The predicted octanol–water partition coefficient (Wildman–Crippen LogP) is 2.18. The van der Waals surface area contributed by atoms with Crippen LogP contribution in [0.5, 0.6) is 0 Å². The molecule has 2 aromatic rings. The molecule has 1 saturated carbocycles. The minimum absolute atomic E-state index is 0.193. The Morgan fingerprint density at radius 3 is 2.84 bits per heavy atom. The van der Waals surface area contributed by atoms with Crippen molar-refractivity contribution in [3.63, 3.8) is 0 Å². The zero-order valence-corrected chi connectivity index (χ0v) is 14.6. The van der Waals surface area contributed by atoms with Gasteiger partial charge >= 0.3 is 0 Å². The fourth-order valence-corrected chi connectivity index (χ4v) is 2.87. The summed E-state index contributed by atoms with van der Waals surface area (Å²) >= 11 is 0. The van der Waals surface area contributed by atoms with Gasteiger partial charge in [-0.2, -0.15) is 0 Å². The summed E-state index contributed by atoms with van der Waals surface area (Å²) in [4.78, 5) is 31.7. The average Bonchev–Trinajstić information content (AvgIpc) is 3.44. The van der Waals surface area contributed by atoms with Crippen molar-refractivity contribution in [1.29, 1.82) is 0 Å². The van der Waals surface area contributed by atoms with Crippen LogP contribution >= 0.6 is 0 Å². The molecule has 1 fully saturated rings. The van der Waals surface area contributed by atoms with Crippen molar-refractivity contribution >= 4 is 5.91 Å². The van der Waals surface area contributed by atoms with Crippen LogP contribution in [-0.4, -0.2) is 40.6 Å². The quantitative estimate of drug-likeness (QED) is 0.774. The van der Waals surface area contributed by atoms with E-state index in [9.17, 15) is 9.59 Å². The molecule has 0 atom stereocenters. The Bertz CT molecular complexity index is 797. The Balaban J connectivity index is 1.91. The molecule has 6 nitrogen and oxygen atoms in total. The maximum absolute atomic E-state index is 13.1. The molecule has 1 aliphatic carbocycles. The lowest BCUT2D eigenvalue weighted by atomic mass is 10.1. The molecule has 0 aromatic carbocycles. The van der Waals surface area contributed by atoms with Crippen LogP contribution in [-0.2, 0) is 11.3 Å². The van der Waals surface area contributed by atoms with Gasteiger partial charge in [0.2, 0.25) is 0 Å². The Morgan fingerprint density at radius 1 is 1.40 bits per heavy atom. The molecule has 25 heavy (non-hydrogen) atoms. The molecule has 0 bridgehead atoms. The second kappa shape index (κ2) is 7.61. The number of aryl methyl sites for hydroxylation is 1. The standard InChI is InChI=1S/C19H23N3O3/c1-14-7-9-22(16-5-6-16)19(24)17(14)18(23)21(10-11-25-2)13-15-4-3-8-20-12-15/h3-4,7-9,12,16H,5-6,10-11,13H2,1-2H3. The summed E-state index contributed by atoms with van der Waals surface area (Å²) < 4.78 is 6.83. The Kier molecular flexibility index (Phi) is 5.28. The molecule has 0 saturated heterocycles. The number of hydrogen-bond donors (Lipinski definition) is 0. The summed E-state index contributed by atoms with van der Waals surface area (Å²) in [5, 5.41) is 0. The number of pyridine rings is 2. The van der Waals surface area contributed by atoms with Crippen LogP contribution < -0.4 is 5.56 Å². The molecule has 0 radical (unpaired) electrons. The number of carbonyl (C=O) groups excluding carboxylic acids is 1. The normalized spacial score (nSPS) is 13.7. The van der Waals surface area contributed by atoms with Crippen molar-refractivity contribution in [2.24, 2.45) is 0 Å². The molecular formula is C19H23N3O3. The van der Waals surface area contributed by atoms with Crippen molar-refractivity contribution < 1.29 is 9.53 Å². The number of nitrogens with zero attached hydrogens (tertiary/aromatic N) is 3. The maximum Gasteiger partial charge on any atom is 0.263 e. The first-order valence-corrected chi connectivity index (χ1v) is 8.50. The van der Waals surface area contributed by atoms with Gasteiger partial charge in [0.25, 0.3) is 11.5 Å². The van der Waals surface area contributed by atoms with E-state index < -0.39 is 0 Å². The highest BCUT2D eigenvalue weighted by Crippen LogP contribution is 2.33. The number of amides is 1. The van der Waals surface area contributed by atoms with Crippen molar-refractivity contribution in [2.45, 2.75) is 32.4 Å². The van der Waals surface area contributed by atoms with Crippen LogP contribution in [0.4, 0.5) is 0 Å². The van der Waals surface area contributed by atoms with E-state index >= 15 is 0 Å². The average molecular weight is 341 g/mol. The number of rotatable bonds is 7. The van der Waals surface area contributed by atoms with E-state index in [1.54, 1.807) is 35.2 Å². The summed E-state index contributed by atoms with van der Waals surface area (Å²) in [7, 11) is 1.60. The summed E-state index contributed by atoms with van der Waals surface area (Å²) in [6, 6.07) is 5.85. The maximum atomic E-state index is 13.1. The zero-order valence-electron chi connectivity index (χ0n) is 14.6. The van der Waals surface area contributed by atoms with E-state index in [2.05, 4.69) is 4.98 Å². The number of ether oxygens (including phenoxy) is 1. The molecule has 1 aliphatic rings. The minimum atomic E-state index is -0.251. The van der Waals surface area contributed by atoms with Gasteiger partial charge in [0.15, 0.2) is 0 Å². The van der Waals surface area contributed by atoms with Gasteiger partial charge in [-0.25, -0.2) is 0 Å². The lowest BCUT2D eigenvalue weighted by molar-refractivity contribution is 0.0677. The highest BCUT2D eigenvalue weighted by molar-refractivity contribution is 5.95. The number of carbonyl (C=O) groups is 1. The monoisotopic (exact) mass is 341 g/mol. The van der Waals surface area contributed by atoms with E-state index in [0.29, 0.717) is 25.3 Å². The van der Waals surface area contributed by atoms with Crippen molar-refractivity contribution in [3.8, 4) is 0 Å². The summed E-state index contributed by atoms with van der Waals surface area (Å²) in [5.41, 5.74) is 1.69. The SMILES string of the molecule is COCCN(Cc1cccnc1)C(=O)c1c(C)ccn(C2CC2)c1=O. The summed E-state index contributed by atoms with van der Waals surface area (Å²) in [6.45, 7) is 3.04. The zero-order chi connectivity index (χ0) is 17.8. The third-order valence-corrected chi connectivity index (χ3v) is 4.43. The molecule has 0 spiro atoms. The van der Waals surface area contributed by atoms with Gasteiger partial charge in [0.05, 0.1) is 6.61 Å². The molecule has 0 N–H and O–H groups in total. The van der Waals surface area contributed by atoms with Gasteiger partial charge in [0.1, 0.15) is 5.56 Å².